The third kappa shape index (κ3) is 2.97. The van der Waals surface area contributed by atoms with Crippen LogP contribution >= 0.6 is 23.2 Å². The molecule has 0 bridgehead atoms. The number of aromatic nitrogens is 3. The molecule has 1 amide bonds. The number of benzene rings is 1. The van der Waals surface area contributed by atoms with Gasteiger partial charge in [-0.15, -0.1) is 5.10 Å². The maximum atomic E-state index is 11.9. The molecular weight excluding hydrogens is 303 g/mol. The Morgan fingerprint density at radius 1 is 1.45 bits per heavy atom. The van der Waals surface area contributed by atoms with Gasteiger partial charge in [-0.3, -0.25) is 9.59 Å². The normalized spacial score (nSPS) is 10.3. The van der Waals surface area contributed by atoms with Gasteiger partial charge in [-0.05, 0) is 19.1 Å². The summed E-state index contributed by atoms with van der Waals surface area (Å²) < 4.78 is 1.33. The SMILES string of the molecule is Cc1c(C=O)nnn1CC(=O)Nc1cccc(Cl)c1Cl. The van der Waals surface area contributed by atoms with Crippen LogP contribution in [0.5, 0.6) is 0 Å². The van der Waals surface area contributed by atoms with E-state index >= 15 is 0 Å². The summed E-state index contributed by atoms with van der Waals surface area (Å²) >= 11 is 11.8. The van der Waals surface area contributed by atoms with Crippen LogP contribution in [0.4, 0.5) is 5.69 Å². The smallest absolute Gasteiger partial charge is 0.246 e. The number of rotatable bonds is 4. The van der Waals surface area contributed by atoms with Crippen LogP contribution in [0.2, 0.25) is 10.0 Å². The third-order valence-electron chi connectivity index (χ3n) is 2.65. The Morgan fingerprint density at radius 2 is 2.20 bits per heavy atom. The van der Waals surface area contributed by atoms with Crippen LogP contribution in [-0.2, 0) is 11.3 Å². The van der Waals surface area contributed by atoms with Crippen LogP contribution < -0.4 is 5.32 Å². The summed E-state index contributed by atoms with van der Waals surface area (Å²) in [6.45, 7) is 1.58. The molecule has 0 radical (unpaired) electrons. The lowest BCUT2D eigenvalue weighted by atomic mass is 10.3. The largest absolute Gasteiger partial charge is 0.323 e. The van der Waals surface area contributed by atoms with Crippen LogP contribution in [0.3, 0.4) is 0 Å². The third-order valence-corrected chi connectivity index (χ3v) is 3.47. The van der Waals surface area contributed by atoms with E-state index in [2.05, 4.69) is 15.6 Å². The molecule has 104 valence electrons. The Hall–Kier alpha value is -1.92. The Morgan fingerprint density at radius 3 is 2.85 bits per heavy atom. The molecule has 2 rings (SSSR count). The summed E-state index contributed by atoms with van der Waals surface area (Å²) in [5, 5.41) is 10.6. The molecule has 1 heterocycles. The number of anilines is 1. The molecule has 0 saturated carbocycles. The average Bonchev–Trinajstić information content (AvgIpc) is 2.76. The maximum Gasteiger partial charge on any atom is 0.246 e. The summed E-state index contributed by atoms with van der Waals surface area (Å²) in [6, 6.07) is 4.93. The lowest BCUT2D eigenvalue weighted by molar-refractivity contribution is -0.117. The molecule has 0 fully saturated rings. The monoisotopic (exact) mass is 312 g/mol. The highest BCUT2D eigenvalue weighted by atomic mass is 35.5. The molecule has 1 N–H and O–H groups in total. The molecule has 0 aliphatic carbocycles. The molecular formula is C12H10Cl2N4O2. The maximum absolute atomic E-state index is 11.9. The zero-order valence-corrected chi connectivity index (χ0v) is 11.9. The molecule has 20 heavy (non-hydrogen) atoms. The molecule has 0 unspecified atom stereocenters. The molecule has 1 aromatic heterocycles. The van der Waals surface area contributed by atoms with Gasteiger partial charge < -0.3 is 5.32 Å². The fourth-order valence-electron chi connectivity index (χ4n) is 1.56. The Labute approximate surface area is 124 Å². The van der Waals surface area contributed by atoms with Crippen LogP contribution in [0.25, 0.3) is 0 Å². The minimum absolute atomic E-state index is 0.0739. The van der Waals surface area contributed by atoms with Gasteiger partial charge in [0, 0.05) is 0 Å². The Balaban J connectivity index is 2.11. The van der Waals surface area contributed by atoms with Gasteiger partial charge in [-0.1, -0.05) is 34.5 Å². The number of carbonyl (C=O) groups excluding carboxylic acids is 2. The zero-order chi connectivity index (χ0) is 14.7. The summed E-state index contributed by atoms with van der Waals surface area (Å²) in [7, 11) is 0. The minimum atomic E-state index is -0.348. The van der Waals surface area contributed by atoms with Crippen molar-refractivity contribution in [2.45, 2.75) is 13.5 Å². The van der Waals surface area contributed by atoms with E-state index in [0.717, 1.165) is 0 Å². The van der Waals surface area contributed by atoms with Crippen molar-refractivity contribution >= 4 is 41.1 Å². The molecule has 8 heteroatoms. The van der Waals surface area contributed by atoms with E-state index in [1.165, 1.54) is 4.68 Å². The van der Waals surface area contributed by atoms with Gasteiger partial charge in [-0.2, -0.15) is 0 Å². The Bertz CT molecular complexity index is 669. The first kappa shape index (κ1) is 14.5. The van der Waals surface area contributed by atoms with Crippen molar-refractivity contribution in [3.8, 4) is 0 Å². The van der Waals surface area contributed by atoms with E-state index in [1.54, 1.807) is 25.1 Å². The number of hydrogen-bond acceptors (Lipinski definition) is 4. The first-order valence-corrected chi connectivity index (χ1v) is 6.37. The number of carbonyl (C=O) groups is 2. The van der Waals surface area contributed by atoms with Gasteiger partial charge in [0.2, 0.25) is 5.91 Å². The van der Waals surface area contributed by atoms with Crippen LogP contribution in [0.1, 0.15) is 16.2 Å². The number of nitrogens with one attached hydrogen (secondary N) is 1. The van der Waals surface area contributed by atoms with Crippen molar-refractivity contribution in [1.29, 1.82) is 0 Å². The van der Waals surface area contributed by atoms with Crippen LogP contribution in [0.15, 0.2) is 18.2 Å². The zero-order valence-electron chi connectivity index (χ0n) is 10.4. The fraction of sp³-hybridized carbons (Fsp3) is 0.167. The van der Waals surface area contributed by atoms with Gasteiger partial charge >= 0.3 is 0 Å². The second kappa shape index (κ2) is 6.02. The average molecular weight is 313 g/mol. The predicted molar refractivity (Wildman–Crippen MR) is 75.2 cm³/mol. The number of hydrogen-bond donors (Lipinski definition) is 1. The lowest BCUT2D eigenvalue weighted by Gasteiger charge is -2.08. The van der Waals surface area contributed by atoms with Gasteiger partial charge in [0.05, 0.1) is 21.4 Å². The number of halogens is 2. The highest BCUT2D eigenvalue weighted by Crippen LogP contribution is 2.29. The van der Waals surface area contributed by atoms with Crippen LogP contribution in [0, 0.1) is 6.92 Å². The molecule has 2 aromatic rings. The molecule has 0 aliphatic rings. The van der Waals surface area contributed by atoms with Gasteiger partial charge in [-0.25, -0.2) is 4.68 Å². The van der Waals surface area contributed by atoms with E-state index < -0.39 is 0 Å². The molecule has 0 atom stereocenters. The highest BCUT2D eigenvalue weighted by Gasteiger charge is 2.12. The topological polar surface area (TPSA) is 76.9 Å². The van der Waals surface area contributed by atoms with Gasteiger partial charge in [0.1, 0.15) is 12.2 Å². The van der Waals surface area contributed by atoms with Crippen molar-refractivity contribution in [1.82, 2.24) is 15.0 Å². The molecule has 1 aromatic carbocycles. The highest BCUT2D eigenvalue weighted by molar-refractivity contribution is 6.43. The van der Waals surface area contributed by atoms with E-state index in [1.807, 2.05) is 0 Å². The molecule has 0 saturated heterocycles. The van der Waals surface area contributed by atoms with E-state index in [-0.39, 0.29) is 23.2 Å². The quantitative estimate of drug-likeness (QED) is 0.879. The second-order valence-corrected chi connectivity index (χ2v) is 4.77. The summed E-state index contributed by atoms with van der Waals surface area (Å²) in [6.07, 6.45) is 0.588. The van der Waals surface area contributed by atoms with Crippen molar-refractivity contribution in [2.24, 2.45) is 0 Å². The number of amides is 1. The van der Waals surface area contributed by atoms with Gasteiger partial charge in [0.25, 0.3) is 0 Å². The van der Waals surface area contributed by atoms with Crippen molar-refractivity contribution in [2.75, 3.05) is 5.32 Å². The summed E-state index contributed by atoms with van der Waals surface area (Å²) in [5.41, 5.74) is 1.14. The van der Waals surface area contributed by atoms with Gasteiger partial charge in [0.15, 0.2) is 6.29 Å². The number of nitrogens with zero attached hydrogens (tertiary/aromatic N) is 3. The van der Waals surface area contributed by atoms with E-state index in [9.17, 15) is 9.59 Å². The van der Waals surface area contributed by atoms with Crippen molar-refractivity contribution in [3.05, 3.63) is 39.6 Å². The Kier molecular flexibility index (Phi) is 4.36. The standard InChI is InChI=1S/C12H10Cl2N4O2/c1-7-10(6-19)16-17-18(7)5-11(20)15-9-4-2-3-8(13)12(9)14/h2-4,6H,5H2,1H3,(H,15,20). The van der Waals surface area contributed by atoms with E-state index in [0.29, 0.717) is 22.7 Å². The van der Waals surface area contributed by atoms with Crippen LogP contribution in [-0.4, -0.2) is 27.2 Å². The van der Waals surface area contributed by atoms with E-state index in [4.69, 9.17) is 23.2 Å². The number of aldehydes is 1. The van der Waals surface area contributed by atoms with Crippen molar-refractivity contribution < 1.29 is 9.59 Å². The first-order valence-electron chi connectivity index (χ1n) is 5.62. The first-order chi connectivity index (χ1) is 9.52. The second-order valence-electron chi connectivity index (χ2n) is 3.99. The summed E-state index contributed by atoms with van der Waals surface area (Å²) in [5.74, 6) is -0.348. The van der Waals surface area contributed by atoms with Crippen molar-refractivity contribution in [3.63, 3.8) is 0 Å². The lowest BCUT2D eigenvalue weighted by Crippen LogP contribution is -2.20. The summed E-state index contributed by atoms with van der Waals surface area (Å²) in [4.78, 5) is 22.6. The predicted octanol–water partition coefficient (Wildman–Crippen LogP) is 2.34. The minimum Gasteiger partial charge on any atom is -0.323 e. The fourth-order valence-corrected chi connectivity index (χ4v) is 1.91. The molecule has 0 aliphatic heterocycles. The molecule has 6 nitrogen and oxygen atoms in total. The molecule has 0 spiro atoms.